The van der Waals surface area contributed by atoms with Crippen LogP contribution in [0, 0.1) is 0 Å². The molecule has 4 rings (SSSR count). The van der Waals surface area contributed by atoms with Crippen LogP contribution in [-0.2, 0) is 0 Å². The number of pyridine rings is 1. The Morgan fingerprint density at radius 3 is 2.88 bits per heavy atom. The summed E-state index contributed by atoms with van der Waals surface area (Å²) in [7, 11) is 0. The maximum absolute atomic E-state index is 12.6. The van der Waals surface area contributed by atoms with Crippen molar-refractivity contribution in [2.24, 2.45) is 0 Å². The summed E-state index contributed by atoms with van der Waals surface area (Å²) in [5, 5.41) is 11.2. The van der Waals surface area contributed by atoms with E-state index in [0.717, 1.165) is 12.1 Å². The zero-order chi connectivity index (χ0) is 17.2. The third-order valence-electron chi connectivity index (χ3n) is 4.08. The van der Waals surface area contributed by atoms with Crippen LogP contribution in [0.5, 0.6) is 11.5 Å². The molecule has 25 heavy (non-hydrogen) atoms. The van der Waals surface area contributed by atoms with Gasteiger partial charge in [-0.2, -0.15) is 0 Å². The van der Waals surface area contributed by atoms with E-state index in [1.54, 1.807) is 18.2 Å². The van der Waals surface area contributed by atoms with Crippen LogP contribution < -0.4 is 14.8 Å². The van der Waals surface area contributed by atoms with Crippen molar-refractivity contribution in [2.45, 2.75) is 19.4 Å². The summed E-state index contributed by atoms with van der Waals surface area (Å²) < 4.78 is 13.1. The van der Waals surface area contributed by atoms with Gasteiger partial charge in [-0.25, -0.2) is 0 Å². The molecule has 1 aliphatic rings. The fourth-order valence-electron chi connectivity index (χ4n) is 2.80. The van der Waals surface area contributed by atoms with E-state index >= 15 is 0 Å². The molecule has 0 saturated carbocycles. The normalized spacial score (nSPS) is 14.8. The summed E-state index contributed by atoms with van der Waals surface area (Å²) >= 11 is 0. The van der Waals surface area contributed by atoms with Gasteiger partial charge in [-0.15, -0.1) is 10.2 Å². The van der Waals surface area contributed by atoms with Gasteiger partial charge in [0.2, 0.25) is 0 Å². The Morgan fingerprint density at radius 1 is 1.16 bits per heavy atom. The molecule has 0 spiro atoms. The highest BCUT2D eigenvalue weighted by molar-refractivity contribution is 5.95. The Morgan fingerprint density at radius 2 is 2.00 bits per heavy atom. The van der Waals surface area contributed by atoms with Crippen LogP contribution in [0.15, 0.2) is 42.6 Å². The first kappa shape index (κ1) is 15.4. The molecule has 0 radical (unpaired) electrons. The molecule has 128 valence electrons. The predicted octanol–water partition coefficient (Wildman–Crippen LogP) is 2.38. The van der Waals surface area contributed by atoms with Crippen molar-refractivity contribution < 1.29 is 14.3 Å². The van der Waals surface area contributed by atoms with Crippen molar-refractivity contribution in [3.05, 3.63) is 54.0 Å². The summed E-state index contributed by atoms with van der Waals surface area (Å²) in [6.45, 7) is 3.08. The number of aromatic nitrogens is 3. The predicted molar refractivity (Wildman–Crippen MR) is 90.9 cm³/mol. The second-order valence-electron chi connectivity index (χ2n) is 5.89. The number of rotatable bonds is 3. The zero-order valence-electron chi connectivity index (χ0n) is 13.8. The minimum atomic E-state index is -0.291. The summed E-state index contributed by atoms with van der Waals surface area (Å²) in [5.74, 6) is 1.76. The molecule has 7 heteroatoms. The van der Waals surface area contributed by atoms with Gasteiger partial charge < -0.3 is 14.8 Å². The number of nitrogens with one attached hydrogen (secondary N) is 1. The summed E-state index contributed by atoms with van der Waals surface area (Å²) in [6, 6.07) is 10.6. The first-order valence-corrected chi connectivity index (χ1v) is 8.22. The molecule has 0 fully saturated rings. The average Bonchev–Trinajstić information content (AvgIpc) is 2.92. The third kappa shape index (κ3) is 3.00. The van der Waals surface area contributed by atoms with Crippen molar-refractivity contribution in [1.29, 1.82) is 0 Å². The molecule has 0 bridgehead atoms. The highest BCUT2D eigenvalue weighted by atomic mass is 16.5. The maximum Gasteiger partial charge on any atom is 0.252 e. The van der Waals surface area contributed by atoms with Crippen LogP contribution in [0.2, 0.25) is 0 Å². The zero-order valence-corrected chi connectivity index (χ0v) is 13.8. The fourth-order valence-corrected chi connectivity index (χ4v) is 2.80. The van der Waals surface area contributed by atoms with E-state index in [2.05, 4.69) is 15.5 Å². The number of carbonyl (C=O) groups excluding carboxylic acids is 1. The quantitative estimate of drug-likeness (QED) is 0.793. The third-order valence-corrected chi connectivity index (χ3v) is 4.08. The molecule has 0 unspecified atom stereocenters. The number of benzene rings is 1. The Labute approximate surface area is 144 Å². The number of hydrogen-bond acceptors (Lipinski definition) is 5. The summed E-state index contributed by atoms with van der Waals surface area (Å²) in [4.78, 5) is 12.6. The molecule has 0 saturated heterocycles. The van der Waals surface area contributed by atoms with Crippen molar-refractivity contribution in [1.82, 2.24) is 19.9 Å². The molecule has 1 atom stereocenters. The molecule has 1 N–H and O–H groups in total. The molecule has 0 aliphatic carbocycles. The van der Waals surface area contributed by atoms with Gasteiger partial charge in [-0.1, -0.05) is 6.07 Å². The van der Waals surface area contributed by atoms with Crippen molar-refractivity contribution in [3.63, 3.8) is 0 Å². The van der Waals surface area contributed by atoms with Crippen LogP contribution >= 0.6 is 0 Å². The molecular weight excluding hydrogens is 320 g/mol. The van der Waals surface area contributed by atoms with Gasteiger partial charge in [0, 0.05) is 18.2 Å². The van der Waals surface area contributed by atoms with Gasteiger partial charge in [-0.05, 0) is 37.3 Å². The van der Waals surface area contributed by atoms with Crippen LogP contribution in [0.1, 0.15) is 35.6 Å². The second kappa shape index (κ2) is 6.43. The van der Waals surface area contributed by atoms with Gasteiger partial charge in [0.1, 0.15) is 0 Å². The van der Waals surface area contributed by atoms with E-state index in [4.69, 9.17) is 9.47 Å². The molecule has 2 aromatic heterocycles. The average molecular weight is 338 g/mol. The minimum Gasteiger partial charge on any atom is -0.490 e. The van der Waals surface area contributed by atoms with Crippen LogP contribution in [0.25, 0.3) is 5.65 Å². The topological polar surface area (TPSA) is 77.8 Å². The Kier molecular flexibility index (Phi) is 3.97. The van der Waals surface area contributed by atoms with Crippen molar-refractivity contribution >= 4 is 11.6 Å². The Bertz CT molecular complexity index is 922. The maximum atomic E-state index is 12.6. The summed E-state index contributed by atoms with van der Waals surface area (Å²) in [6.07, 6.45) is 2.70. The molecule has 3 heterocycles. The molecule has 7 nitrogen and oxygen atoms in total. The highest BCUT2D eigenvalue weighted by Gasteiger charge is 2.18. The number of amides is 1. The van der Waals surface area contributed by atoms with Gasteiger partial charge in [-0.3, -0.25) is 9.20 Å². The van der Waals surface area contributed by atoms with Gasteiger partial charge in [0.05, 0.1) is 19.3 Å². The molecular formula is C18H18N4O3. The van der Waals surface area contributed by atoms with Gasteiger partial charge >= 0.3 is 0 Å². The van der Waals surface area contributed by atoms with Crippen LogP contribution in [-0.4, -0.2) is 33.7 Å². The van der Waals surface area contributed by atoms with E-state index in [-0.39, 0.29) is 11.9 Å². The largest absolute Gasteiger partial charge is 0.490 e. The van der Waals surface area contributed by atoms with Gasteiger partial charge in [0.15, 0.2) is 23.0 Å². The van der Waals surface area contributed by atoms with Crippen LogP contribution in [0.3, 0.4) is 0 Å². The number of carbonyl (C=O) groups is 1. The Hall–Kier alpha value is -3.09. The standard InChI is InChI=1S/C18H18N4O3/c1-12(17-21-20-16-5-2-3-8-22(16)17)19-18(23)13-6-7-14-15(11-13)25-10-4-9-24-14/h2-3,5-8,11-12H,4,9-10H2,1H3,(H,19,23)/t12-/m0/s1. The molecule has 1 amide bonds. The van der Waals surface area contributed by atoms with E-state index < -0.39 is 0 Å². The van der Waals surface area contributed by atoms with E-state index in [9.17, 15) is 4.79 Å². The summed E-state index contributed by atoms with van der Waals surface area (Å²) in [5.41, 5.74) is 1.26. The van der Waals surface area contributed by atoms with E-state index in [1.807, 2.05) is 35.7 Å². The van der Waals surface area contributed by atoms with Crippen molar-refractivity contribution in [3.8, 4) is 11.5 Å². The van der Waals surface area contributed by atoms with Crippen LogP contribution in [0.4, 0.5) is 0 Å². The lowest BCUT2D eigenvalue weighted by Crippen LogP contribution is -2.28. The van der Waals surface area contributed by atoms with E-state index in [1.165, 1.54) is 0 Å². The Balaban J connectivity index is 1.54. The number of ether oxygens (including phenoxy) is 2. The molecule has 1 aliphatic heterocycles. The first-order chi connectivity index (χ1) is 12.2. The number of fused-ring (bicyclic) bond motifs is 2. The number of nitrogens with zero attached hydrogens (tertiary/aromatic N) is 3. The monoisotopic (exact) mass is 338 g/mol. The SMILES string of the molecule is C[C@H](NC(=O)c1ccc2c(c1)OCCCO2)c1nnc2ccccn12. The highest BCUT2D eigenvalue weighted by Crippen LogP contribution is 2.30. The first-order valence-electron chi connectivity index (χ1n) is 8.22. The number of hydrogen-bond donors (Lipinski definition) is 1. The lowest BCUT2D eigenvalue weighted by atomic mass is 10.1. The molecule has 3 aromatic rings. The van der Waals surface area contributed by atoms with Crippen molar-refractivity contribution in [2.75, 3.05) is 13.2 Å². The molecule has 1 aromatic carbocycles. The lowest BCUT2D eigenvalue weighted by Gasteiger charge is -2.14. The minimum absolute atomic E-state index is 0.198. The fraction of sp³-hybridized carbons (Fsp3) is 0.278. The van der Waals surface area contributed by atoms with Gasteiger partial charge in [0.25, 0.3) is 5.91 Å². The smallest absolute Gasteiger partial charge is 0.252 e. The second-order valence-corrected chi connectivity index (χ2v) is 5.89. The van der Waals surface area contributed by atoms with E-state index in [0.29, 0.717) is 36.1 Å². The lowest BCUT2D eigenvalue weighted by molar-refractivity contribution is 0.0937.